The molecular formula is C15H26N4O. The number of carbonyl (C=O) groups excluding carboxylic acids is 1. The lowest BCUT2D eigenvalue weighted by atomic mass is 10.2. The van der Waals surface area contributed by atoms with Gasteiger partial charge in [0.25, 0.3) is 0 Å². The molecule has 2 rings (SSSR count). The molecule has 0 saturated carbocycles. The first-order valence-electron chi connectivity index (χ1n) is 7.68. The predicted octanol–water partition coefficient (Wildman–Crippen LogP) is 1.78. The highest BCUT2D eigenvalue weighted by Gasteiger charge is 2.16. The Labute approximate surface area is 121 Å². The summed E-state index contributed by atoms with van der Waals surface area (Å²) in [6.45, 7) is 7.15. The molecule has 1 N–H and O–H groups in total. The number of aromatic nitrogens is 2. The third-order valence-corrected chi connectivity index (χ3v) is 3.73. The van der Waals surface area contributed by atoms with E-state index in [9.17, 15) is 4.79 Å². The van der Waals surface area contributed by atoms with Crippen LogP contribution in [0, 0.1) is 0 Å². The molecular weight excluding hydrogens is 252 g/mol. The smallest absolute Gasteiger partial charge is 0.242 e. The molecule has 0 radical (unpaired) electrons. The second-order valence-electron chi connectivity index (χ2n) is 5.80. The second-order valence-corrected chi connectivity index (χ2v) is 5.80. The topological polar surface area (TPSA) is 50.2 Å². The Hall–Kier alpha value is -1.36. The first-order valence-corrected chi connectivity index (χ1v) is 7.68. The Bertz CT molecular complexity index is 419. The summed E-state index contributed by atoms with van der Waals surface area (Å²) in [5.74, 6) is 1.15. The Balaban J connectivity index is 1.91. The van der Waals surface area contributed by atoms with E-state index in [4.69, 9.17) is 0 Å². The molecule has 0 spiro atoms. The molecule has 5 nitrogen and oxygen atoms in total. The molecule has 112 valence electrons. The predicted molar refractivity (Wildman–Crippen MR) is 79.3 cm³/mol. The van der Waals surface area contributed by atoms with E-state index in [1.165, 1.54) is 12.8 Å². The number of nitrogens with one attached hydrogen (secondary N) is 1. The average molecular weight is 278 g/mol. The first kappa shape index (κ1) is 15.0. The van der Waals surface area contributed by atoms with Gasteiger partial charge in [-0.05, 0) is 12.8 Å². The summed E-state index contributed by atoms with van der Waals surface area (Å²) in [6, 6.07) is 0.418. The minimum atomic E-state index is 0.218. The van der Waals surface area contributed by atoms with Crippen molar-refractivity contribution >= 4 is 5.91 Å². The Kier molecular flexibility index (Phi) is 5.59. The number of amides is 1. The Morgan fingerprint density at radius 2 is 2.00 bits per heavy atom. The van der Waals surface area contributed by atoms with Gasteiger partial charge in [-0.15, -0.1) is 0 Å². The second kappa shape index (κ2) is 7.43. The summed E-state index contributed by atoms with van der Waals surface area (Å²) in [7, 11) is 0. The number of hydrogen-bond acceptors (Lipinski definition) is 3. The van der Waals surface area contributed by atoms with Gasteiger partial charge in [-0.2, -0.15) is 0 Å². The fourth-order valence-electron chi connectivity index (χ4n) is 2.51. The van der Waals surface area contributed by atoms with E-state index in [0.29, 0.717) is 19.1 Å². The van der Waals surface area contributed by atoms with Crippen LogP contribution < -0.4 is 5.32 Å². The molecule has 0 unspecified atom stereocenters. The van der Waals surface area contributed by atoms with Crippen LogP contribution in [-0.4, -0.2) is 39.5 Å². The number of imidazole rings is 1. The molecule has 20 heavy (non-hydrogen) atoms. The van der Waals surface area contributed by atoms with Gasteiger partial charge in [0.05, 0.1) is 6.54 Å². The zero-order valence-corrected chi connectivity index (χ0v) is 12.6. The SMILES string of the molecule is CC(C)NCc1nccn1CC(=O)N1CCCCCC1. The van der Waals surface area contributed by atoms with Crippen LogP contribution in [0.15, 0.2) is 12.4 Å². The zero-order valence-electron chi connectivity index (χ0n) is 12.6. The molecule has 1 aliphatic rings. The summed E-state index contributed by atoms with van der Waals surface area (Å²) in [5.41, 5.74) is 0. The van der Waals surface area contributed by atoms with Crippen molar-refractivity contribution < 1.29 is 4.79 Å². The van der Waals surface area contributed by atoms with Gasteiger partial charge in [-0.25, -0.2) is 4.98 Å². The quantitative estimate of drug-likeness (QED) is 0.893. The lowest BCUT2D eigenvalue weighted by molar-refractivity contribution is -0.131. The lowest BCUT2D eigenvalue weighted by Gasteiger charge is -2.21. The number of rotatable bonds is 5. The molecule has 1 aromatic rings. The fraction of sp³-hybridized carbons (Fsp3) is 0.733. The van der Waals surface area contributed by atoms with Crippen molar-refractivity contribution in [3.05, 3.63) is 18.2 Å². The van der Waals surface area contributed by atoms with Crippen LogP contribution in [0.1, 0.15) is 45.4 Å². The average Bonchev–Trinajstić information content (AvgIpc) is 2.68. The number of carbonyl (C=O) groups is 1. The normalized spacial score (nSPS) is 16.4. The van der Waals surface area contributed by atoms with E-state index >= 15 is 0 Å². The van der Waals surface area contributed by atoms with Crippen molar-refractivity contribution in [2.45, 2.75) is 58.7 Å². The largest absolute Gasteiger partial charge is 0.341 e. The number of likely N-dealkylation sites (tertiary alicyclic amines) is 1. The minimum absolute atomic E-state index is 0.218. The van der Waals surface area contributed by atoms with Gasteiger partial charge in [0.2, 0.25) is 5.91 Å². The monoisotopic (exact) mass is 278 g/mol. The van der Waals surface area contributed by atoms with Crippen LogP contribution in [0.25, 0.3) is 0 Å². The van der Waals surface area contributed by atoms with E-state index in [0.717, 1.165) is 31.8 Å². The highest BCUT2D eigenvalue weighted by Crippen LogP contribution is 2.10. The molecule has 1 saturated heterocycles. The highest BCUT2D eigenvalue weighted by atomic mass is 16.2. The maximum Gasteiger partial charge on any atom is 0.242 e. The summed E-state index contributed by atoms with van der Waals surface area (Å²) in [6.07, 6.45) is 8.44. The van der Waals surface area contributed by atoms with Crippen molar-refractivity contribution in [3.8, 4) is 0 Å². The molecule has 2 heterocycles. The van der Waals surface area contributed by atoms with Crippen molar-refractivity contribution in [2.24, 2.45) is 0 Å². The summed E-state index contributed by atoms with van der Waals surface area (Å²) < 4.78 is 1.96. The molecule has 0 bridgehead atoms. The van der Waals surface area contributed by atoms with Crippen LogP contribution in [0.2, 0.25) is 0 Å². The van der Waals surface area contributed by atoms with Gasteiger partial charge >= 0.3 is 0 Å². The maximum absolute atomic E-state index is 12.4. The molecule has 1 aromatic heterocycles. The summed E-state index contributed by atoms with van der Waals surface area (Å²) >= 11 is 0. The molecule has 0 aromatic carbocycles. The van der Waals surface area contributed by atoms with Crippen LogP contribution in [0.5, 0.6) is 0 Å². The van der Waals surface area contributed by atoms with Gasteiger partial charge in [-0.3, -0.25) is 4.79 Å². The number of hydrogen-bond donors (Lipinski definition) is 1. The summed E-state index contributed by atoms with van der Waals surface area (Å²) in [4.78, 5) is 18.7. The van der Waals surface area contributed by atoms with Gasteiger partial charge in [0, 0.05) is 31.5 Å². The molecule has 1 fully saturated rings. The maximum atomic E-state index is 12.4. The zero-order chi connectivity index (χ0) is 14.4. The van der Waals surface area contributed by atoms with Crippen molar-refractivity contribution in [1.29, 1.82) is 0 Å². The van der Waals surface area contributed by atoms with Gasteiger partial charge in [-0.1, -0.05) is 26.7 Å². The Morgan fingerprint density at radius 3 is 2.65 bits per heavy atom. The van der Waals surface area contributed by atoms with E-state index < -0.39 is 0 Å². The lowest BCUT2D eigenvalue weighted by Crippen LogP contribution is -2.35. The van der Waals surface area contributed by atoms with Gasteiger partial charge < -0.3 is 14.8 Å². The third kappa shape index (κ3) is 4.34. The molecule has 1 aliphatic heterocycles. The van der Waals surface area contributed by atoms with Crippen LogP contribution in [0.3, 0.4) is 0 Å². The first-order chi connectivity index (χ1) is 9.66. The summed E-state index contributed by atoms with van der Waals surface area (Å²) in [5, 5.41) is 3.34. The third-order valence-electron chi connectivity index (χ3n) is 3.73. The van der Waals surface area contributed by atoms with Crippen LogP contribution in [-0.2, 0) is 17.9 Å². The molecule has 5 heteroatoms. The molecule has 1 amide bonds. The number of nitrogens with zero attached hydrogens (tertiary/aromatic N) is 3. The fourth-order valence-corrected chi connectivity index (χ4v) is 2.51. The van der Waals surface area contributed by atoms with Crippen molar-refractivity contribution in [1.82, 2.24) is 19.8 Å². The van der Waals surface area contributed by atoms with Crippen LogP contribution in [0.4, 0.5) is 0 Å². The highest BCUT2D eigenvalue weighted by molar-refractivity contribution is 5.76. The van der Waals surface area contributed by atoms with Gasteiger partial charge in [0.1, 0.15) is 12.4 Å². The molecule has 0 atom stereocenters. The van der Waals surface area contributed by atoms with Gasteiger partial charge in [0.15, 0.2) is 0 Å². The molecule has 0 aliphatic carbocycles. The van der Waals surface area contributed by atoms with Crippen molar-refractivity contribution in [2.75, 3.05) is 13.1 Å². The van der Waals surface area contributed by atoms with E-state index in [-0.39, 0.29) is 5.91 Å². The van der Waals surface area contributed by atoms with E-state index in [2.05, 4.69) is 24.1 Å². The van der Waals surface area contributed by atoms with Crippen molar-refractivity contribution in [3.63, 3.8) is 0 Å². The standard InChI is InChI=1S/C15H26N4O/c1-13(2)17-11-14-16-7-10-19(14)12-15(20)18-8-5-3-4-6-9-18/h7,10,13,17H,3-6,8-9,11-12H2,1-2H3. The minimum Gasteiger partial charge on any atom is -0.341 e. The van der Waals surface area contributed by atoms with Crippen LogP contribution >= 0.6 is 0 Å². The van der Waals surface area contributed by atoms with E-state index in [1.807, 2.05) is 15.7 Å². The Morgan fingerprint density at radius 1 is 1.30 bits per heavy atom. The van der Waals surface area contributed by atoms with E-state index in [1.54, 1.807) is 6.20 Å².